The van der Waals surface area contributed by atoms with E-state index in [-0.39, 0.29) is 11.3 Å². The minimum absolute atomic E-state index is 0.0812. The molecule has 3 aromatic rings. The summed E-state index contributed by atoms with van der Waals surface area (Å²) >= 11 is 0. The molecule has 0 N–H and O–H groups in total. The van der Waals surface area contributed by atoms with Crippen LogP contribution in [0, 0.1) is 6.92 Å². The molecule has 2 aromatic heterocycles. The fourth-order valence-corrected chi connectivity index (χ4v) is 3.51. The standard InChI is InChI=1S/C26H32N2O3/c1-7-26(3,4)20-11-13-23(30-6)19(15-20)16-22-12-14-24(31-22)25(29)28(5)17-21-10-8-9-18(2)27-21/h8-15H,7,16-17H2,1-6H3. The lowest BCUT2D eigenvalue weighted by atomic mass is 9.81. The van der Waals surface area contributed by atoms with E-state index in [1.165, 1.54) is 5.56 Å². The molecule has 31 heavy (non-hydrogen) atoms. The molecule has 0 saturated carbocycles. The van der Waals surface area contributed by atoms with Crippen molar-refractivity contribution in [2.24, 2.45) is 0 Å². The number of ether oxygens (including phenoxy) is 1. The van der Waals surface area contributed by atoms with E-state index in [4.69, 9.17) is 9.15 Å². The van der Waals surface area contributed by atoms with Crippen molar-refractivity contribution in [1.29, 1.82) is 0 Å². The van der Waals surface area contributed by atoms with E-state index in [9.17, 15) is 4.79 Å². The predicted octanol–water partition coefficient (Wildman–Crippen LogP) is 5.54. The second-order valence-electron chi connectivity index (χ2n) is 8.64. The topological polar surface area (TPSA) is 55.6 Å². The molecule has 2 heterocycles. The Bertz CT molecular complexity index is 1050. The van der Waals surface area contributed by atoms with Crippen LogP contribution < -0.4 is 4.74 Å². The first-order valence-corrected chi connectivity index (χ1v) is 10.7. The number of hydrogen-bond donors (Lipinski definition) is 0. The highest BCUT2D eigenvalue weighted by molar-refractivity contribution is 5.91. The molecule has 0 saturated heterocycles. The number of nitrogens with zero attached hydrogens (tertiary/aromatic N) is 2. The molecule has 1 amide bonds. The number of amides is 1. The number of carbonyl (C=O) groups excluding carboxylic acids is 1. The van der Waals surface area contributed by atoms with Crippen LogP contribution in [0.15, 0.2) is 52.9 Å². The van der Waals surface area contributed by atoms with Crippen LogP contribution in [0.1, 0.15) is 66.0 Å². The largest absolute Gasteiger partial charge is 0.496 e. The van der Waals surface area contributed by atoms with Crippen molar-refractivity contribution >= 4 is 5.91 Å². The number of benzene rings is 1. The molecule has 0 aliphatic carbocycles. The van der Waals surface area contributed by atoms with Gasteiger partial charge in [0.05, 0.1) is 19.3 Å². The zero-order chi connectivity index (χ0) is 22.6. The monoisotopic (exact) mass is 420 g/mol. The van der Waals surface area contributed by atoms with Gasteiger partial charge in [-0.15, -0.1) is 0 Å². The summed E-state index contributed by atoms with van der Waals surface area (Å²) in [7, 11) is 3.43. The maximum atomic E-state index is 12.8. The fraction of sp³-hybridized carbons (Fsp3) is 0.385. The van der Waals surface area contributed by atoms with Gasteiger partial charge in [-0.1, -0.05) is 39.0 Å². The molecule has 164 valence electrons. The minimum atomic E-state index is -0.164. The van der Waals surface area contributed by atoms with Gasteiger partial charge in [0.2, 0.25) is 0 Å². The van der Waals surface area contributed by atoms with Gasteiger partial charge in [-0.3, -0.25) is 9.78 Å². The second-order valence-corrected chi connectivity index (χ2v) is 8.64. The first kappa shape index (κ1) is 22.6. The Morgan fingerprint density at radius 1 is 1.16 bits per heavy atom. The summed E-state index contributed by atoms with van der Waals surface area (Å²) in [5.74, 6) is 1.72. The van der Waals surface area contributed by atoms with Gasteiger partial charge >= 0.3 is 0 Å². The van der Waals surface area contributed by atoms with E-state index in [0.29, 0.717) is 18.7 Å². The van der Waals surface area contributed by atoms with E-state index < -0.39 is 0 Å². The van der Waals surface area contributed by atoms with Gasteiger partial charge in [0.1, 0.15) is 11.5 Å². The Labute approximate surface area is 185 Å². The quantitative estimate of drug-likeness (QED) is 0.480. The normalized spacial score (nSPS) is 11.4. The lowest BCUT2D eigenvalue weighted by Crippen LogP contribution is -2.26. The van der Waals surface area contributed by atoms with Gasteiger partial charge in [-0.2, -0.15) is 0 Å². The summed E-state index contributed by atoms with van der Waals surface area (Å²) in [6.45, 7) is 9.03. The summed E-state index contributed by atoms with van der Waals surface area (Å²) in [6.07, 6.45) is 1.60. The van der Waals surface area contributed by atoms with Crippen LogP contribution in [0.4, 0.5) is 0 Å². The summed E-state index contributed by atoms with van der Waals surface area (Å²) < 4.78 is 11.5. The van der Waals surface area contributed by atoms with E-state index in [0.717, 1.165) is 34.9 Å². The molecule has 0 aliphatic heterocycles. The van der Waals surface area contributed by atoms with Crippen LogP contribution >= 0.6 is 0 Å². The van der Waals surface area contributed by atoms with Crippen LogP contribution in [-0.4, -0.2) is 29.9 Å². The van der Waals surface area contributed by atoms with Gasteiger partial charge in [0.15, 0.2) is 5.76 Å². The van der Waals surface area contributed by atoms with Crippen molar-refractivity contribution in [3.63, 3.8) is 0 Å². The van der Waals surface area contributed by atoms with E-state index in [1.54, 1.807) is 25.1 Å². The molecule has 0 atom stereocenters. The second kappa shape index (κ2) is 9.38. The SMILES string of the molecule is CCC(C)(C)c1ccc(OC)c(Cc2ccc(C(=O)N(C)Cc3cccc(C)n3)o2)c1. The predicted molar refractivity (Wildman–Crippen MR) is 123 cm³/mol. The van der Waals surface area contributed by atoms with Gasteiger partial charge in [-0.05, 0) is 54.7 Å². The zero-order valence-electron chi connectivity index (χ0n) is 19.4. The molecule has 0 unspecified atom stereocenters. The third-order valence-corrected chi connectivity index (χ3v) is 5.87. The van der Waals surface area contributed by atoms with Gasteiger partial charge < -0.3 is 14.1 Å². The molecule has 0 aliphatic rings. The number of pyridine rings is 1. The highest BCUT2D eigenvalue weighted by Crippen LogP contribution is 2.32. The molecular formula is C26H32N2O3. The van der Waals surface area contributed by atoms with Crippen molar-refractivity contribution in [3.05, 3.63) is 82.6 Å². The lowest BCUT2D eigenvalue weighted by Gasteiger charge is -2.24. The number of methoxy groups -OCH3 is 1. The Hall–Kier alpha value is -3.08. The van der Waals surface area contributed by atoms with Crippen molar-refractivity contribution in [3.8, 4) is 5.75 Å². The molecule has 0 fully saturated rings. The molecule has 0 radical (unpaired) electrons. The smallest absolute Gasteiger partial charge is 0.289 e. The highest BCUT2D eigenvalue weighted by atomic mass is 16.5. The number of hydrogen-bond acceptors (Lipinski definition) is 4. The van der Waals surface area contributed by atoms with Crippen LogP contribution in [-0.2, 0) is 18.4 Å². The Kier molecular flexibility index (Phi) is 6.84. The van der Waals surface area contributed by atoms with Gasteiger partial charge in [0, 0.05) is 24.7 Å². The number of furan rings is 1. The first-order chi connectivity index (χ1) is 14.7. The highest BCUT2D eigenvalue weighted by Gasteiger charge is 2.21. The minimum Gasteiger partial charge on any atom is -0.496 e. The van der Waals surface area contributed by atoms with E-state index in [2.05, 4.69) is 37.9 Å². The third kappa shape index (κ3) is 5.35. The molecule has 0 spiro atoms. The number of aromatic nitrogens is 1. The zero-order valence-corrected chi connectivity index (χ0v) is 19.4. The van der Waals surface area contributed by atoms with Crippen LogP contribution in [0.25, 0.3) is 0 Å². The number of aryl methyl sites for hydroxylation is 1. The van der Waals surface area contributed by atoms with Crippen LogP contribution in [0.3, 0.4) is 0 Å². The van der Waals surface area contributed by atoms with E-state index >= 15 is 0 Å². The van der Waals surface area contributed by atoms with Crippen molar-refractivity contribution < 1.29 is 13.9 Å². The summed E-state index contributed by atoms with van der Waals surface area (Å²) in [4.78, 5) is 18.9. The van der Waals surface area contributed by atoms with Crippen molar-refractivity contribution in [2.45, 2.75) is 52.5 Å². The van der Waals surface area contributed by atoms with Crippen molar-refractivity contribution in [2.75, 3.05) is 14.2 Å². The third-order valence-electron chi connectivity index (χ3n) is 5.87. The molecular weight excluding hydrogens is 388 g/mol. The molecule has 5 nitrogen and oxygen atoms in total. The van der Waals surface area contributed by atoms with Gasteiger partial charge in [-0.25, -0.2) is 0 Å². The van der Waals surface area contributed by atoms with Crippen LogP contribution in [0.2, 0.25) is 0 Å². The maximum absolute atomic E-state index is 12.8. The van der Waals surface area contributed by atoms with Crippen molar-refractivity contribution in [1.82, 2.24) is 9.88 Å². The average molecular weight is 421 g/mol. The molecule has 0 bridgehead atoms. The first-order valence-electron chi connectivity index (χ1n) is 10.7. The summed E-state index contributed by atoms with van der Waals surface area (Å²) in [5, 5.41) is 0. The Balaban J connectivity index is 1.76. The Morgan fingerprint density at radius 2 is 1.94 bits per heavy atom. The molecule has 3 rings (SSSR count). The number of rotatable bonds is 8. The maximum Gasteiger partial charge on any atom is 0.289 e. The molecule has 1 aromatic carbocycles. The molecule has 5 heteroatoms. The summed E-state index contributed by atoms with van der Waals surface area (Å²) in [6, 6.07) is 15.7. The summed E-state index contributed by atoms with van der Waals surface area (Å²) in [5.41, 5.74) is 4.17. The van der Waals surface area contributed by atoms with Gasteiger partial charge in [0.25, 0.3) is 5.91 Å². The van der Waals surface area contributed by atoms with Crippen LogP contribution in [0.5, 0.6) is 5.75 Å². The lowest BCUT2D eigenvalue weighted by molar-refractivity contribution is 0.0750. The fourth-order valence-electron chi connectivity index (χ4n) is 3.51. The average Bonchev–Trinajstić information content (AvgIpc) is 3.21. The van der Waals surface area contributed by atoms with E-state index in [1.807, 2.05) is 37.3 Å². The Morgan fingerprint density at radius 3 is 2.61 bits per heavy atom. The number of carbonyl (C=O) groups is 1.